The molecule has 0 aliphatic heterocycles. The van der Waals surface area contributed by atoms with Gasteiger partial charge in [-0.3, -0.25) is 0 Å². The van der Waals surface area contributed by atoms with Crippen LogP contribution in [-0.4, -0.2) is 24.1 Å². The Morgan fingerprint density at radius 2 is 2.29 bits per heavy atom. The maximum atomic E-state index is 3.50. The second-order valence-corrected chi connectivity index (χ2v) is 6.52. The van der Waals surface area contributed by atoms with Crippen molar-refractivity contribution >= 4 is 23.1 Å². The second kappa shape index (κ2) is 5.79. The lowest BCUT2D eigenvalue weighted by molar-refractivity contribution is 0.593. The van der Waals surface area contributed by atoms with Gasteiger partial charge in [-0.05, 0) is 38.0 Å². The van der Waals surface area contributed by atoms with E-state index < -0.39 is 0 Å². The first-order valence-corrected chi connectivity index (χ1v) is 7.03. The monoisotopic (exact) mass is 229 g/mol. The molecule has 0 atom stereocenters. The third-order valence-corrected chi connectivity index (χ3v) is 4.42. The number of hydrogen-bond acceptors (Lipinski definition) is 3. The third-order valence-electron chi connectivity index (χ3n) is 2.23. The van der Waals surface area contributed by atoms with E-state index in [9.17, 15) is 0 Å². The summed E-state index contributed by atoms with van der Waals surface area (Å²) in [6, 6.07) is 4.32. The van der Waals surface area contributed by atoms with Crippen LogP contribution in [0.4, 0.5) is 0 Å². The Morgan fingerprint density at radius 1 is 1.50 bits per heavy atom. The number of hydrogen-bond donors (Lipinski definition) is 1. The average molecular weight is 229 g/mol. The molecular formula is C11H19NS2. The molecule has 0 saturated heterocycles. The Kier molecular flexibility index (Phi) is 4.99. The molecule has 0 aromatic carbocycles. The molecule has 1 aromatic heterocycles. The van der Waals surface area contributed by atoms with Crippen molar-refractivity contribution in [2.45, 2.75) is 25.0 Å². The normalized spacial score (nSPS) is 11.9. The fourth-order valence-electron chi connectivity index (χ4n) is 1.13. The van der Waals surface area contributed by atoms with Crippen LogP contribution in [0.5, 0.6) is 0 Å². The van der Waals surface area contributed by atoms with Crippen LogP contribution < -0.4 is 5.32 Å². The highest BCUT2D eigenvalue weighted by molar-refractivity contribution is 7.99. The average Bonchev–Trinajstić information content (AvgIpc) is 2.65. The molecule has 0 aliphatic rings. The number of nitrogens with one attached hydrogen (secondary N) is 1. The summed E-state index contributed by atoms with van der Waals surface area (Å²) < 4.78 is 0.357. The van der Waals surface area contributed by atoms with Gasteiger partial charge in [-0.15, -0.1) is 11.3 Å². The molecule has 0 fully saturated rings. The summed E-state index contributed by atoms with van der Waals surface area (Å²) in [6.45, 7) is 6.72. The Balaban J connectivity index is 2.11. The van der Waals surface area contributed by atoms with Crippen LogP contribution in [0, 0.1) is 0 Å². The van der Waals surface area contributed by atoms with Crippen molar-refractivity contribution in [2.24, 2.45) is 0 Å². The lowest BCUT2D eigenvalue weighted by Gasteiger charge is -2.22. The molecule has 0 unspecified atom stereocenters. The van der Waals surface area contributed by atoms with Crippen molar-refractivity contribution in [3.8, 4) is 0 Å². The van der Waals surface area contributed by atoms with E-state index in [0.29, 0.717) is 4.75 Å². The minimum Gasteiger partial charge on any atom is -0.315 e. The maximum absolute atomic E-state index is 3.50. The predicted octanol–water partition coefficient (Wildman–Crippen LogP) is 3.02. The van der Waals surface area contributed by atoms with Gasteiger partial charge in [0, 0.05) is 22.7 Å². The van der Waals surface area contributed by atoms with E-state index in [1.807, 2.05) is 23.1 Å². The Bertz CT molecular complexity index is 242. The van der Waals surface area contributed by atoms with Crippen LogP contribution in [0.1, 0.15) is 18.7 Å². The Hall–Kier alpha value is 0.01000. The van der Waals surface area contributed by atoms with E-state index in [1.54, 1.807) is 0 Å². The first kappa shape index (κ1) is 12.1. The highest BCUT2D eigenvalue weighted by Gasteiger charge is 2.14. The minimum atomic E-state index is 0.357. The predicted molar refractivity (Wildman–Crippen MR) is 68.5 cm³/mol. The quantitative estimate of drug-likeness (QED) is 0.753. The van der Waals surface area contributed by atoms with Crippen LogP contribution in [0.25, 0.3) is 0 Å². The zero-order valence-electron chi connectivity index (χ0n) is 9.17. The van der Waals surface area contributed by atoms with Crippen molar-refractivity contribution in [2.75, 3.05) is 19.3 Å². The highest BCUT2D eigenvalue weighted by Crippen LogP contribution is 2.19. The molecule has 3 heteroatoms. The van der Waals surface area contributed by atoms with Crippen LogP contribution in [0.15, 0.2) is 17.5 Å². The first-order chi connectivity index (χ1) is 6.64. The van der Waals surface area contributed by atoms with Crippen molar-refractivity contribution < 1.29 is 0 Å². The molecule has 1 heterocycles. The topological polar surface area (TPSA) is 12.0 Å². The van der Waals surface area contributed by atoms with Crippen molar-refractivity contribution in [1.82, 2.24) is 5.32 Å². The highest BCUT2D eigenvalue weighted by atomic mass is 32.2. The van der Waals surface area contributed by atoms with Crippen LogP contribution in [0.2, 0.25) is 0 Å². The summed E-state index contributed by atoms with van der Waals surface area (Å²) in [5.74, 6) is 0. The van der Waals surface area contributed by atoms with Gasteiger partial charge in [0.1, 0.15) is 0 Å². The van der Waals surface area contributed by atoms with Gasteiger partial charge >= 0.3 is 0 Å². The fraction of sp³-hybridized carbons (Fsp3) is 0.636. The lowest BCUT2D eigenvalue weighted by atomic mass is 10.2. The van der Waals surface area contributed by atoms with Gasteiger partial charge in [-0.25, -0.2) is 0 Å². The van der Waals surface area contributed by atoms with Gasteiger partial charge in [0.25, 0.3) is 0 Å². The molecule has 0 radical (unpaired) electrons. The van der Waals surface area contributed by atoms with Gasteiger partial charge < -0.3 is 5.32 Å². The fourth-order valence-corrected chi connectivity index (χ4v) is 2.08. The van der Waals surface area contributed by atoms with Crippen LogP contribution >= 0.6 is 23.1 Å². The summed E-state index contributed by atoms with van der Waals surface area (Å²) in [6.07, 6.45) is 3.32. The molecule has 1 nitrogen and oxygen atoms in total. The minimum absolute atomic E-state index is 0.357. The molecule has 80 valence electrons. The lowest BCUT2D eigenvalue weighted by Crippen LogP contribution is -2.33. The van der Waals surface area contributed by atoms with E-state index >= 15 is 0 Å². The van der Waals surface area contributed by atoms with E-state index in [0.717, 1.165) is 19.5 Å². The molecule has 0 saturated carbocycles. The summed E-state index contributed by atoms with van der Waals surface area (Å²) in [5, 5.41) is 5.64. The largest absolute Gasteiger partial charge is 0.315 e. The summed E-state index contributed by atoms with van der Waals surface area (Å²) in [5.41, 5.74) is 0. The molecular weight excluding hydrogens is 210 g/mol. The van der Waals surface area contributed by atoms with E-state index in [1.165, 1.54) is 4.88 Å². The molecule has 1 aromatic rings. The zero-order valence-corrected chi connectivity index (χ0v) is 10.8. The standard InChI is InChI=1S/C11H19NS2/c1-11(2,13-3)9-12-7-6-10-5-4-8-14-10/h4-5,8,12H,6-7,9H2,1-3H3. The molecule has 14 heavy (non-hydrogen) atoms. The van der Waals surface area contributed by atoms with E-state index in [4.69, 9.17) is 0 Å². The smallest absolute Gasteiger partial charge is 0.0225 e. The molecule has 0 bridgehead atoms. The molecule has 0 spiro atoms. The SMILES string of the molecule is CSC(C)(C)CNCCc1cccs1. The molecule has 1 rings (SSSR count). The third kappa shape index (κ3) is 4.49. The van der Waals surface area contributed by atoms with Crippen molar-refractivity contribution in [1.29, 1.82) is 0 Å². The molecule has 1 N–H and O–H groups in total. The zero-order chi connectivity index (χ0) is 10.4. The van der Waals surface area contributed by atoms with Gasteiger partial charge in [-0.1, -0.05) is 6.07 Å². The van der Waals surface area contributed by atoms with Crippen molar-refractivity contribution in [3.05, 3.63) is 22.4 Å². The number of thiophene rings is 1. The molecule has 0 aliphatic carbocycles. The van der Waals surface area contributed by atoms with Crippen LogP contribution in [0.3, 0.4) is 0 Å². The summed E-state index contributed by atoms with van der Waals surface area (Å²) >= 11 is 3.76. The number of rotatable bonds is 6. The first-order valence-electron chi connectivity index (χ1n) is 4.92. The van der Waals surface area contributed by atoms with Crippen molar-refractivity contribution in [3.63, 3.8) is 0 Å². The van der Waals surface area contributed by atoms with Gasteiger partial charge in [-0.2, -0.15) is 11.8 Å². The van der Waals surface area contributed by atoms with E-state index in [-0.39, 0.29) is 0 Å². The summed E-state index contributed by atoms with van der Waals surface area (Å²) in [4.78, 5) is 1.47. The Labute approximate surface area is 95.3 Å². The maximum Gasteiger partial charge on any atom is 0.0225 e. The van der Waals surface area contributed by atoms with Gasteiger partial charge in [0.2, 0.25) is 0 Å². The van der Waals surface area contributed by atoms with Crippen LogP contribution in [-0.2, 0) is 6.42 Å². The van der Waals surface area contributed by atoms with E-state index in [2.05, 4.69) is 42.9 Å². The second-order valence-electron chi connectivity index (χ2n) is 3.97. The van der Waals surface area contributed by atoms with Gasteiger partial charge in [0.05, 0.1) is 0 Å². The van der Waals surface area contributed by atoms with Gasteiger partial charge in [0.15, 0.2) is 0 Å². The number of thioether (sulfide) groups is 1. The molecule has 0 amide bonds. The summed E-state index contributed by atoms with van der Waals surface area (Å²) in [7, 11) is 0. The Morgan fingerprint density at radius 3 is 2.86 bits per heavy atom.